The zero-order chi connectivity index (χ0) is 35.8. The van der Waals surface area contributed by atoms with Crippen molar-refractivity contribution in [3.05, 3.63) is 212 Å². The van der Waals surface area contributed by atoms with Gasteiger partial charge >= 0.3 is 0 Å². The molecule has 0 N–H and O–H groups in total. The highest BCUT2D eigenvalue weighted by molar-refractivity contribution is 7.26. The smallest absolute Gasteiger partial charge is 0.0640 e. The lowest BCUT2D eigenvalue weighted by atomic mass is 9.92. The van der Waals surface area contributed by atoms with Crippen molar-refractivity contribution in [2.75, 3.05) is 4.90 Å². The van der Waals surface area contributed by atoms with E-state index in [2.05, 4.69) is 217 Å². The van der Waals surface area contributed by atoms with E-state index in [0.29, 0.717) is 0 Å². The van der Waals surface area contributed by atoms with E-state index in [1.807, 2.05) is 11.3 Å². The molecule has 0 bridgehead atoms. The van der Waals surface area contributed by atoms with Crippen LogP contribution in [0.25, 0.3) is 75.5 Å². The molecule has 1 nitrogen and oxygen atoms in total. The van der Waals surface area contributed by atoms with Gasteiger partial charge in [0.2, 0.25) is 0 Å². The molecular weight excluding hydrogens is 671 g/mol. The van der Waals surface area contributed by atoms with Crippen LogP contribution in [0.4, 0.5) is 17.1 Å². The highest BCUT2D eigenvalue weighted by Crippen LogP contribution is 2.47. The van der Waals surface area contributed by atoms with Gasteiger partial charge in [0.05, 0.1) is 10.4 Å². The Morgan fingerprint density at radius 1 is 0.315 bits per heavy atom. The Bertz CT molecular complexity index is 2930. The maximum Gasteiger partial charge on any atom is 0.0640 e. The number of thiophene rings is 1. The van der Waals surface area contributed by atoms with Gasteiger partial charge in [0.25, 0.3) is 0 Å². The molecule has 1 aromatic heterocycles. The predicted molar refractivity (Wildman–Crippen MR) is 233 cm³/mol. The normalized spacial score (nSPS) is 11.3. The molecule has 0 spiro atoms. The molecular formula is C52H35NS. The number of rotatable bonds is 7. The number of hydrogen-bond donors (Lipinski definition) is 0. The molecule has 0 aliphatic heterocycles. The van der Waals surface area contributed by atoms with Crippen LogP contribution in [0, 0.1) is 0 Å². The minimum Gasteiger partial charge on any atom is -0.309 e. The lowest BCUT2D eigenvalue weighted by molar-refractivity contribution is 1.30. The summed E-state index contributed by atoms with van der Waals surface area (Å²) in [4.78, 5) is 2.46. The fraction of sp³-hybridized carbons (Fsp3) is 0. The van der Waals surface area contributed by atoms with Crippen molar-refractivity contribution in [3.8, 4) is 44.5 Å². The number of fused-ring (bicyclic) bond motifs is 4. The van der Waals surface area contributed by atoms with Gasteiger partial charge in [0, 0.05) is 26.8 Å². The predicted octanol–water partition coefficient (Wildman–Crippen LogP) is 15.3. The summed E-state index contributed by atoms with van der Waals surface area (Å²) in [6.07, 6.45) is 0. The molecule has 10 rings (SSSR count). The van der Waals surface area contributed by atoms with Gasteiger partial charge in [-0.05, 0) is 104 Å². The first-order valence-corrected chi connectivity index (χ1v) is 19.2. The quantitative estimate of drug-likeness (QED) is 0.160. The molecule has 54 heavy (non-hydrogen) atoms. The molecule has 0 amide bonds. The third kappa shape index (κ3) is 5.74. The van der Waals surface area contributed by atoms with Gasteiger partial charge in [0.15, 0.2) is 0 Å². The molecule has 0 aliphatic rings. The molecule has 10 aromatic rings. The second kappa shape index (κ2) is 13.7. The Kier molecular flexibility index (Phi) is 8.09. The maximum absolute atomic E-state index is 2.46. The van der Waals surface area contributed by atoms with E-state index in [4.69, 9.17) is 0 Å². The van der Waals surface area contributed by atoms with Crippen molar-refractivity contribution < 1.29 is 0 Å². The molecule has 0 atom stereocenters. The van der Waals surface area contributed by atoms with Gasteiger partial charge in [0.1, 0.15) is 0 Å². The van der Waals surface area contributed by atoms with Crippen LogP contribution in [0.2, 0.25) is 0 Å². The zero-order valence-electron chi connectivity index (χ0n) is 29.6. The average molecular weight is 706 g/mol. The average Bonchev–Trinajstić information content (AvgIpc) is 3.64. The van der Waals surface area contributed by atoms with E-state index in [1.54, 1.807) is 0 Å². The van der Waals surface area contributed by atoms with E-state index in [0.717, 1.165) is 11.4 Å². The molecule has 0 unspecified atom stereocenters. The summed E-state index contributed by atoms with van der Waals surface area (Å²) >= 11 is 1.87. The molecule has 2 heteroatoms. The highest BCUT2D eigenvalue weighted by Gasteiger charge is 2.21. The van der Waals surface area contributed by atoms with Gasteiger partial charge in [-0.1, -0.05) is 164 Å². The van der Waals surface area contributed by atoms with Crippen LogP contribution in [0.5, 0.6) is 0 Å². The van der Waals surface area contributed by atoms with Gasteiger partial charge in [-0.15, -0.1) is 11.3 Å². The maximum atomic E-state index is 2.46. The van der Waals surface area contributed by atoms with E-state index in [1.165, 1.54) is 81.1 Å². The van der Waals surface area contributed by atoms with Crippen molar-refractivity contribution in [2.45, 2.75) is 0 Å². The largest absolute Gasteiger partial charge is 0.309 e. The van der Waals surface area contributed by atoms with Crippen LogP contribution >= 0.6 is 11.3 Å². The van der Waals surface area contributed by atoms with Gasteiger partial charge in [-0.25, -0.2) is 0 Å². The van der Waals surface area contributed by atoms with Gasteiger partial charge in [-0.2, -0.15) is 0 Å². The summed E-state index contributed by atoms with van der Waals surface area (Å²) in [5, 5.41) is 5.06. The molecule has 1 heterocycles. The first kappa shape index (κ1) is 32.0. The topological polar surface area (TPSA) is 3.24 Å². The molecule has 0 fully saturated rings. The lowest BCUT2D eigenvalue weighted by Gasteiger charge is -2.28. The number of benzene rings is 9. The molecule has 0 saturated heterocycles. The lowest BCUT2D eigenvalue weighted by Crippen LogP contribution is -2.10. The van der Waals surface area contributed by atoms with Crippen molar-refractivity contribution >= 4 is 59.3 Å². The fourth-order valence-electron chi connectivity index (χ4n) is 7.89. The van der Waals surface area contributed by atoms with E-state index in [-0.39, 0.29) is 0 Å². The second-order valence-corrected chi connectivity index (χ2v) is 14.8. The minimum atomic E-state index is 1.11. The van der Waals surface area contributed by atoms with Crippen LogP contribution in [0.1, 0.15) is 0 Å². The summed E-state index contributed by atoms with van der Waals surface area (Å²) in [6.45, 7) is 0. The number of anilines is 3. The Morgan fingerprint density at radius 3 is 1.65 bits per heavy atom. The Morgan fingerprint density at radius 2 is 0.889 bits per heavy atom. The summed E-state index contributed by atoms with van der Waals surface area (Å²) < 4.78 is 2.57. The summed E-state index contributed by atoms with van der Waals surface area (Å²) in [6, 6.07) is 77.2. The molecule has 0 saturated carbocycles. The van der Waals surface area contributed by atoms with Crippen LogP contribution in [-0.2, 0) is 0 Å². The van der Waals surface area contributed by atoms with Crippen molar-refractivity contribution in [1.29, 1.82) is 0 Å². The van der Waals surface area contributed by atoms with Crippen LogP contribution in [-0.4, -0.2) is 0 Å². The van der Waals surface area contributed by atoms with E-state index >= 15 is 0 Å². The standard InChI is InChI=1S/C52H35NS/c1-4-16-36(17-5-1)45-31-30-43(35-49(45)38-20-8-3-9-21-38)53(50-28-15-27-47-46-26-12-13-29-51(46)54-52(47)50)42-24-14-23-39(33-42)41-32-40-22-10-11-25-44(40)48(34-41)37-18-6-2-7-19-37/h1-35H. The first-order valence-electron chi connectivity index (χ1n) is 18.4. The van der Waals surface area contributed by atoms with Crippen LogP contribution in [0.3, 0.4) is 0 Å². The Balaban J connectivity index is 1.21. The molecule has 254 valence electrons. The van der Waals surface area contributed by atoms with Gasteiger partial charge in [-0.3, -0.25) is 0 Å². The zero-order valence-corrected chi connectivity index (χ0v) is 30.4. The van der Waals surface area contributed by atoms with Gasteiger partial charge < -0.3 is 4.90 Å². The molecule has 0 aliphatic carbocycles. The first-order chi connectivity index (χ1) is 26.8. The molecule has 9 aromatic carbocycles. The van der Waals surface area contributed by atoms with Crippen molar-refractivity contribution in [1.82, 2.24) is 0 Å². The summed E-state index contributed by atoms with van der Waals surface area (Å²) in [5.74, 6) is 0. The van der Waals surface area contributed by atoms with E-state index < -0.39 is 0 Å². The van der Waals surface area contributed by atoms with Crippen LogP contribution in [0.15, 0.2) is 212 Å². The molecule has 0 radical (unpaired) electrons. The third-order valence-electron chi connectivity index (χ3n) is 10.4. The Hall–Kier alpha value is -6.74. The minimum absolute atomic E-state index is 1.11. The van der Waals surface area contributed by atoms with Crippen molar-refractivity contribution in [3.63, 3.8) is 0 Å². The SMILES string of the molecule is c1ccc(-c2ccc(N(c3cccc(-c4cc(-c5ccccc5)c5ccccc5c4)c3)c3cccc4c3sc3ccccc34)cc2-c2ccccc2)cc1. The monoisotopic (exact) mass is 705 g/mol. The van der Waals surface area contributed by atoms with E-state index in [9.17, 15) is 0 Å². The summed E-state index contributed by atoms with van der Waals surface area (Å²) in [5.41, 5.74) is 13.0. The third-order valence-corrected chi connectivity index (χ3v) is 11.6. The number of hydrogen-bond acceptors (Lipinski definition) is 2. The Labute approximate surface area is 319 Å². The van der Waals surface area contributed by atoms with Crippen molar-refractivity contribution in [2.24, 2.45) is 0 Å². The highest BCUT2D eigenvalue weighted by atomic mass is 32.1. The number of nitrogens with zero attached hydrogens (tertiary/aromatic N) is 1. The fourth-order valence-corrected chi connectivity index (χ4v) is 9.10. The summed E-state index contributed by atoms with van der Waals surface area (Å²) in [7, 11) is 0. The second-order valence-electron chi connectivity index (χ2n) is 13.7. The van der Waals surface area contributed by atoms with Crippen LogP contribution < -0.4 is 4.90 Å².